The third kappa shape index (κ3) is 3.11. The molecule has 0 bridgehead atoms. The normalized spacial score (nSPS) is 16.1. The molecule has 1 aliphatic rings. The van der Waals surface area contributed by atoms with Crippen LogP contribution in [0.3, 0.4) is 0 Å². The van der Waals surface area contributed by atoms with Crippen LogP contribution in [0.25, 0.3) is 0 Å². The molecule has 1 N–H and O–H groups in total. The molecule has 0 aliphatic carbocycles. The summed E-state index contributed by atoms with van der Waals surface area (Å²) < 4.78 is 5.76. The Morgan fingerprint density at radius 3 is 2.85 bits per heavy atom. The van der Waals surface area contributed by atoms with Gasteiger partial charge in [-0.15, -0.1) is 0 Å². The Kier molecular flexibility index (Phi) is 3.87. The third-order valence-corrected chi connectivity index (χ3v) is 3.41. The summed E-state index contributed by atoms with van der Waals surface area (Å²) in [6.07, 6.45) is 5.56. The number of piperidine rings is 1. The maximum absolute atomic E-state index is 5.76. The average Bonchev–Trinajstić information content (AvgIpc) is 2.49. The van der Waals surface area contributed by atoms with Gasteiger partial charge >= 0.3 is 0 Å². The number of ether oxygens (including phenoxy) is 1. The molecule has 0 radical (unpaired) electrons. The smallest absolute Gasteiger partial charge is 0.222 e. The fraction of sp³-hybridized carbons (Fsp3) is 0.400. The van der Waals surface area contributed by atoms with E-state index in [0.717, 1.165) is 37.4 Å². The van der Waals surface area contributed by atoms with Crippen molar-refractivity contribution >= 4 is 0 Å². The zero-order valence-corrected chi connectivity index (χ0v) is 11.5. The Morgan fingerprint density at radius 1 is 1.25 bits per heavy atom. The largest absolute Gasteiger partial charge is 0.437 e. The second kappa shape index (κ2) is 5.96. The van der Waals surface area contributed by atoms with E-state index in [0.29, 0.717) is 17.5 Å². The van der Waals surface area contributed by atoms with Crippen LogP contribution in [0.2, 0.25) is 0 Å². The van der Waals surface area contributed by atoms with Crippen LogP contribution >= 0.6 is 0 Å². The van der Waals surface area contributed by atoms with Gasteiger partial charge in [0.25, 0.3) is 0 Å². The Hall–Kier alpha value is -2.01. The molecular weight excluding hydrogens is 252 g/mol. The molecule has 0 spiro atoms. The van der Waals surface area contributed by atoms with Crippen molar-refractivity contribution in [3.8, 4) is 11.6 Å². The zero-order valence-electron chi connectivity index (χ0n) is 11.5. The first-order valence-electron chi connectivity index (χ1n) is 6.95. The van der Waals surface area contributed by atoms with Crippen LogP contribution in [-0.2, 0) is 0 Å². The predicted molar refractivity (Wildman–Crippen MR) is 75.9 cm³/mol. The van der Waals surface area contributed by atoms with Crippen LogP contribution in [0.1, 0.15) is 30.3 Å². The number of aromatic nitrogens is 3. The van der Waals surface area contributed by atoms with Gasteiger partial charge in [0.2, 0.25) is 5.88 Å². The standard InChI is InChI=1S/C15H18N4O/c1-11-9-14(20-13-3-2-6-17-10-13)19-15(18-11)12-4-7-16-8-5-12/h2-3,6,9-10,12,16H,4-5,7-8H2,1H3. The van der Waals surface area contributed by atoms with Crippen molar-refractivity contribution < 1.29 is 4.74 Å². The Balaban J connectivity index is 1.82. The van der Waals surface area contributed by atoms with Gasteiger partial charge in [0, 0.05) is 23.9 Å². The molecular formula is C15H18N4O. The van der Waals surface area contributed by atoms with E-state index in [1.54, 1.807) is 12.4 Å². The van der Waals surface area contributed by atoms with Crippen molar-refractivity contribution in [2.75, 3.05) is 13.1 Å². The van der Waals surface area contributed by atoms with Crippen molar-refractivity contribution in [3.05, 3.63) is 42.1 Å². The molecule has 104 valence electrons. The van der Waals surface area contributed by atoms with Gasteiger partial charge in [-0.1, -0.05) is 0 Å². The Morgan fingerprint density at radius 2 is 2.10 bits per heavy atom. The lowest BCUT2D eigenvalue weighted by Gasteiger charge is -2.21. The van der Waals surface area contributed by atoms with Gasteiger partial charge in [0.1, 0.15) is 11.6 Å². The molecule has 0 unspecified atom stereocenters. The van der Waals surface area contributed by atoms with Gasteiger partial charge in [0.15, 0.2) is 0 Å². The molecule has 3 rings (SSSR count). The van der Waals surface area contributed by atoms with Crippen molar-refractivity contribution in [3.63, 3.8) is 0 Å². The molecule has 0 saturated carbocycles. The first-order valence-corrected chi connectivity index (χ1v) is 6.95. The number of nitrogens with one attached hydrogen (secondary N) is 1. The van der Waals surface area contributed by atoms with Gasteiger partial charge < -0.3 is 10.1 Å². The average molecular weight is 270 g/mol. The van der Waals surface area contributed by atoms with Crippen molar-refractivity contribution in [1.82, 2.24) is 20.3 Å². The highest BCUT2D eigenvalue weighted by Crippen LogP contribution is 2.25. The summed E-state index contributed by atoms with van der Waals surface area (Å²) in [6.45, 7) is 4.03. The van der Waals surface area contributed by atoms with E-state index in [-0.39, 0.29) is 0 Å². The van der Waals surface area contributed by atoms with Crippen LogP contribution in [0, 0.1) is 6.92 Å². The molecule has 3 heterocycles. The quantitative estimate of drug-likeness (QED) is 0.928. The summed E-state index contributed by atoms with van der Waals surface area (Å²) >= 11 is 0. The van der Waals surface area contributed by atoms with E-state index in [4.69, 9.17) is 4.74 Å². The van der Waals surface area contributed by atoms with Crippen LogP contribution in [0.4, 0.5) is 0 Å². The summed E-state index contributed by atoms with van der Waals surface area (Å²) in [4.78, 5) is 13.2. The SMILES string of the molecule is Cc1cc(Oc2cccnc2)nc(C2CCNCC2)n1. The molecule has 0 atom stereocenters. The lowest BCUT2D eigenvalue weighted by Crippen LogP contribution is -2.27. The van der Waals surface area contributed by atoms with E-state index in [2.05, 4.69) is 20.3 Å². The van der Waals surface area contributed by atoms with Crippen LogP contribution < -0.4 is 10.1 Å². The molecule has 1 fully saturated rings. The van der Waals surface area contributed by atoms with Crippen molar-refractivity contribution in [2.24, 2.45) is 0 Å². The number of hydrogen-bond donors (Lipinski definition) is 1. The Labute approximate surface area is 118 Å². The molecule has 2 aromatic heterocycles. The summed E-state index contributed by atoms with van der Waals surface area (Å²) in [5.41, 5.74) is 0.937. The lowest BCUT2D eigenvalue weighted by molar-refractivity contribution is 0.423. The maximum atomic E-state index is 5.76. The molecule has 20 heavy (non-hydrogen) atoms. The van der Waals surface area contributed by atoms with E-state index >= 15 is 0 Å². The fourth-order valence-electron chi connectivity index (χ4n) is 2.41. The minimum Gasteiger partial charge on any atom is -0.437 e. The number of rotatable bonds is 3. The predicted octanol–water partition coefficient (Wildman–Crippen LogP) is 2.44. The van der Waals surface area contributed by atoms with E-state index in [9.17, 15) is 0 Å². The monoisotopic (exact) mass is 270 g/mol. The van der Waals surface area contributed by atoms with Crippen LogP contribution in [0.15, 0.2) is 30.6 Å². The molecule has 2 aromatic rings. The van der Waals surface area contributed by atoms with E-state index in [1.807, 2.05) is 25.1 Å². The number of aryl methyl sites for hydroxylation is 1. The summed E-state index contributed by atoms with van der Waals surface area (Å²) in [5.74, 6) is 2.61. The first-order chi connectivity index (χ1) is 9.81. The fourth-order valence-corrected chi connectivity index (χ4v) is 2.41. The van der Waals surface area contributed by atoms with Gasteiger partial charge in [-0.2, -0.15) is 4.98 Å². The van der Waals surface area contributed by atoms with Gasteiger partial charge in [-0.05, 0) is 45.0 Å². The topological polar surface area (TPSA) is 59.9 Å². The van der Waals surface area contributed by atoms with E-state index in [1.165, 1.54) is 0 Å². The number of hydrogen-bond acceptors (Lipinski definition) is 5. The van der Waals surface area contributed by atoms with Gasteiger partial charge in [-0.3, -0.25) is 4.98 Å². The van der Waals surface area contributed by atoms with Gasteiger partial charge in [-0.25, -0.2) is 4.98 Å². The summed E-state index contributed by atoms with van der Waals surface area (Å²) in [6, 6.07) is 5.57. The maximum Gasteiger partial charge on any atom is 0.222 e. The van der Waals surface area contributed by atoms with E-state index < -0.39 is 0 Å². The van der Waals surface area contributed by atoms with Crippen molar-refractivity contribution in [2.45, 2.75) is 25.7 Å². The molecule has 0 aromatic carbocycles. The molecule has 5 heteroatoms. The van der Waals surface area contributed by atoms with Crippen LogP contribution in [0.5, 0.6) is 11.6 Å². The minimum absolute atomic E-state index is 0.424. The van der Waals surface area contributed by atoms with Crippen molar-refractivity contribution in [1.29, 1.82) is 0 Å². The molecule has 1 aliphatic heterocycles. The summed E-state index contributed by atoms with van der Waals surface area (Å²) in [5, 5.41) is 3.36. The second-order valence-corrected chi connectivity index (χ2v) is 5.02. The Bertz CT molecular complexity index is 567. The number of pyridine rings is 1. The molecule has 0 amide bonds. The first kappa shape index (κ1) is 13.0. The molecule has 5 nitrogen and oxygen atoms in total. The second-order valence-electron chi connectivity index (χ2n) is 5.02. The summed E-state index contributed by atoms with van der Waals surface area (Å²) in [7, 11) is 0. The van der Waals surface area contributed by atoms with Gasteiger partial charge in [0.05, 0.1) is 6.20 Å². The number of nitrogens with zero attached hydrogens (tertiary/aromatic N) is 3. The highest BCUT2D eigenvalue weighted by atomic mass is 16.5. The van der Waals surface area contributed by atoms with Crippen LogP contribution in [-0.4, -0.2) is 28.0 Å². The highest BCUT2D eigenvalue weighted by Gasteiger charge is 2.19. The lowest BCUT2D eigenvalue weighted by atomic mass is 9.97. The third-order valence-electron chi connectivity index (χ3n) is 3.41. The highest BCUT2D eigenvalue weighted by molar-refractivity contribution is 5.25. The molecule has 1 saturated heterocycles. The zero-order chi connectivity index (χ0) is 13.8. The minimum atomic E-state index is 0.424.